The van der Waals surface area contributed by atoms with Gasteiger partial charge in [-0.25, -0.2) is 8.78 Å². The first kappa shape index (κ1) is 15.6. The van der Waals surface area contributed by atoms with Crippen LogP contribution in [0.25, 0.3) is 0 Å². The molecule has 0 aliphatic heterocycles. The first-order valence-electron chi connectivity index (χ1n) is 7.25. The van der Waals surface area contributed by atoms with E-state index in [1.807, 2.05) is 13.8 Å². The third-order valence-electron chi connectivity index (χ3n) is 3.67. The number of likely N-dealkylation sites (N-methyl/N-ethyl adjacent to an activating group) is 1. The maximum absolute atomic E-state index is 13.4. The fraction of sp³-hybridized carbons (Fsp3) is 0.333. The highest BCUT2D eigenvalue weighted by Gasteiger charge is 2.14. The Kier molecular flexibility index (Phi) is 5.07. The molecule has 1 nitrogen and oxygen atoms in total. The summed E-state index contributed by atoms with van der Waals surface area (Å²) in [6, 6.07) is 9.91. The fourth-order valence-corrected chi connectivity index (χ4v) is 2.57. The van der Waals surface area contributed by atoms with E-state index in [2.05, 4.69) is 30.4 Å². The maximum atomic E-state index is 13.4. The molecule has 1 atom stereocenters. The molecule has 21 heavy (non-hydrogen) atoms. The first-order valence-corrected chi connectivity index (χ1v) is 7.25. The number of hydrogen-bond donors (Lipinski definition) is 1. The number of rotatable bonds is 5. The Bertz CT molecular complexity index is 602. The largest absolute Gasteiger partial charge is 0.310 e. The minimum absolute atomic E-state index is 0.0966. The summed E-state index contributed by atoms with van der Waals surface area (Å²) < 4.78 is 26.9. The van der Waals surface area contributed by atoms with E-state index in [4.69, 9.17) is 0 Å². The highest BCUT2D eigenvalue weighted by atomic mass is 19.1. The van der Waals surface area contributed by atoms with Gasteiger partial charge in [0.05, 0.1) is 0 Å². The number of hydrogen-bond acceptors (Lipinski definition) is 1. The summed E-state index contributed by atoms with van der Waals surface area (Å²) >= 11 is 0. The van der Waals surface area contributed by atoms with Gasteiger partial charge in [0, 0.05) is 12.1 Å². The quantitative estimate of drug-likeness (QED) is 0.856. The highest BCUT2D eigenvalue weighted by molar-refractivity contribution is 5.33. The van der Waals surface area contributed by atoms with Gasteiger partial charge in [-0.2, -0.15) is 0 Å². The van der Waals surface area contributed by atoms with Crippen LogP contribution in [0.15, 0.2) is 36.4 Å². The second-order valence-corrected chi connectivity index (χ2v) is 5.45. The molecule has 2 aromatic carbocycles. The van der Waals surface area contributed by atoms with Crippen molar-refractivity contribution in [1.29, 1.82) is 0 Å². The van der Waals surface area contributed by atoms with E-state index in [0.29, 0.717) is 12.0 Å². The van der Waals surface area contributed by atoms with E-state index in [9.17, 15) is 8.78 Å². The van der Waals surface area contributed by atoms with E-state index in [1.54, 1.807) is 0 Å². The Morgan fingerprint density at radius 2 is 1.67 bits per heavy atom. The van der Waals surface area contributed by atoms with Gasteiger partial charge in [-0.3, -0.25) is 0 Å². The Hall–Kier alpha value is -1.74. The summed E-state index contributed by atoms with van der Waals surface area (Å²) in [6.45, 7) is 6.84. The molecule has 112 valence electrons. The Balaban J connectivity index is 2.32. The van der Waals surface area contributed by atoms with Crippen LogP contribution in [0, 0.1) is 25.5 Å². The summed E-state index contributed by atoms with van der Waals surface area (Å²) in [7, 11) is 0. The normalized spacial score (nSPS) is 12.4. The predicted molar refractivity (Wildman–Crippen MR) is 82.4 cm³/mol. The Morgan fingerprint density at radius 3 is 2.29 bits per heavy atom. The van der Waals surface area contributed by atoms with Crippen LogP contribution in [0.2, 0.25) is 0 Å². The molecule has 0 heterocycles. The fourth-order valence-electron chi connectivity index (χ4n) is 2.57. The standard InChI is InChI=1S/C18H21F2N/c1-4-21-18(15-8-16(19)11-17(20)9-15)10-14-7-12(2)5-6-13(14)3/h5-9,11,18,21H,4,10H2,1-3H3. The SMILES string of the molecule is CCNC(Cc1cc(C)ccc1C)c1cc(F)cc(F)c1. The third-order valence-corrected chi connectivity index (χ3v) is 3.67. The molecular weight excluding hydrogens is 268 g/mol. The van der Waals surface area contributed by atoms with Gasteiger partial charge in [-0.05, 0) is 55.6 Å². The van der Waals surface area contributed by atoms with Crippen molar-refractivity contribution in [2.75, 3.05) is 6.54 Å². The van der Waals surface area contributed by atoms with Gasteiger partial charge in [0.1, 0.15) is 11.6 Å². The van der Waals surface area contributed by atoms with Gasteiger partial charge in [0.25, 0.3) is 0 Å². The minimum atomic E-state index is -0.533. The van der Waals surface area contributed by atoms with Crippen molar-refractivity contribution in [1.82, 2.24) is 5.32 Å². The third kappa shape index (κ3) is 4.11. The number of nitrogens with one attached hydrogen (secondary N) is 1. The second kappa shape index (κ2) is 6.81. The lowest BCUT2D eigenvalue weighted by atomic mass is 9.94. The molecule has 0 aliphatic rings. The zero-order valence-electron chi connectivity index (χ0n) is 12.7. The predicted octanol–water partition coefficient (Wildman–Crippen LogP) is 4.47. The molecule has 0 saturated heterocycles. The summed E-state index contributed by atoms with van der Waals surface area (Å²) in [6.07, 6.45) is 0.713. The topological polar surface area (TPSA) is 12.0 Å². The zero-order valence-corrected chi connectivity index (χ0v) is 12.7. The van der Waals surface area contributed by atoms with E-state index in [1.165, 1.54) is 28.8 Å². The van der Waals surface area contributed by atoms with Crippen molar-refractivity contribution in [3.05, 3.63) is 70.3 Å². The lowest BCUT2D eigenvalue weighted by molar-refractivity contribution is 0.528. The van der Waals surface area contributed by atoms with Crippen LogP contribution in [0.1, 0.15) is 35.2 Å². The molecule has 1 unspecified atom stereocenters. The van der Waals surface area contributed by atoms with Gasteiger partial charge in [0.15, 0.2) is 0 Å². The molecule has 0 saturated carbocycles. The number of aryl methyl sites for hydroxylation is 2. The van der Waals surface area contributed by atoms with Crippen LogP contribution in [-0.4, -0.2) is 6.54 Å². The van der Waals surface area contributed by atoms with Crippen molar-refractivity contribution < 1.29 is 8.78 Å². The van der Waals surface area contributed by atoms with E-state index < -0.39 is 11.6 Å². The van der Waals surface area contributed by atoms with Crippen LogP contribution in [-0.2, 0) is 6.42 Å². The molecule has 0 amide bonds. The minimum Gasteiger partial charge on any atom is -0.310 e. The molecule has 0 aromatic heterocycles. The van der Waals surface area contributed by atoms with Crippen LogP contribution in [0.5, 0.6) is 0 Å². The maximum Gasteiger partial charge on any atom is 0.126 e. The van der Waals surface area contributed by atoms with Gasteiger partial charge in [-0.1, -0.05) is 30.7 Å². The van der Waals surface area contributed by atoms with E-state index >= 15 is 0 Å². The molecule has 3 heteroatoms. The molecule has 0 bridgehead atoms. The number of benzene rings is 2. The van der Waals surface area contributed by atoms with Crippen LogP contribution in [0.4, 0.5) is 8.78 Å². The molecule has 0 fully saturated rings. The average molecular weight is 289 g/mol. The van der Waals surface area contributed by atoms with Crippen LogP contribution >= 0.6 is 0 Å². The summed E-state index contributed by atoms with van der Waals surface area (Å²) in [5.41, 5.74) is 4.23. The number of halogens is 2. The van der Waals surface area contributed by atoms with Gasteiger partial charge in [-0.15, -0.1) is 0 Å². The zero-order chi connectivity index (χ0) is 15.4. The Morgan fingerprint density at radius 1 is 1.00 bits per heavy atom. The smallest absolute Gasteiger partial charge is 0.126 e. The van der Waals surface area contributed by atoms with Gasteiger partial charge < -0.3 is 5.32 Å². The molecular formula is C18H21F2N. The second-order valence-electron chi connectivity index (χ2n) is 5.45. The average Bonchev–Trinajstić information content (AvgIpc) is 2.41. The van der Waals surface area contributed by atoms with Crippen molar-refractivity contribution >= 4 is 0 Å². The van der Waals surface area contributed by atoms with Crippen LogP contribution < -0.4 is 5.32 Å². The van der Waals surface area contributed by atoms with Crippen molar-refractivity contribution in [3.8, 4) is 0 Å². The highest BCUT2D eigenvalue weighted by Crippen LogP contribution is 2.23. The lowest BCUT2D eigenvalue weighted by Gasteiger charge is -2.20. The summed E-state index contributed by atoms with van der Waals surface area (Å²) in [5.74, 6) is -1.07. The first-order chi connectivity index (χ1) is 9.99. The Labute approximate surface area is 125 Å². The van der Waals surface area contributed by atoms with Gasteiger partial charge >= 0.3 is 0 Å². The molecule has 0 radical (unpaired) electrons. The molecule has 2 aromatic rings. The van der Waals surface area contributed by atoms with Crippen molar-refractivity contribution in [2.24, 2.45) is 0 Å². The molecule has 0 spiro atoms. The van der Waals surface area contributed by atoms with Crippen molar-refractivity contribution in [3.63, 3.8) is 0 Å². The van der Waals surface area contributed by atoms with Crippen molar-refractivity contribution in [2.45, 2.75) is 33.2 Å². The molecule has 1 N–H and O–H groups in total. The van der Waals surface area contributed by atoms with E-state index in [0.717, 1.165) is 12.6 Å². The monoisotopic (exact) mass is 289 g/mol. The van der Waals surface area contributed by atoms with Gasteiger partial charge in [0.2, 0.25) is 0 Å². The summed E-state index contributed by atoms with van der Waals surface area (Å²) in [5, 5.41) is 3.32. The molecule has 0 aliphatic carbocycles. The lowest BCUT2D eigenvalue weighted by Crippen LogP contribution is -2.23. The van der Waals surface area contributed by atoms with Crippen LogP contribution in [0.3, 0.4) is 0 Å². The summed E-state index contributed by atoms with van der Waals surface area (Å²) in [4.78, 5) is 0. The van der Waals surface area contributed by atoms with E-state index in [-0.39, 0.29) is 6.04 Å². The molecule has 2 rings (SSSR count).